The van der Waals surface area contributed by atoms with Crippen molar-refractivity contribution in [1.82, 2.24) is 5.43 Å². The summed E-state index contributed by atoms with van der Waals surface area (Å²) in [5, 5.41) is 11.2. The summed E-state index contributed by atoms with van der Waals surface area (Å²) in [4.78, 5) is 11.0. The summed E-state index contributed by atoms with van der Waals surface area (Å²) in [7, 11) is 0. The van der Waals surface area contributed by atoms with Gasteiger partial charge in [-0.1, -0.05) is 24.6 Å². The molecule has 0 aromatic heterocycles. The van der Waals surface area contributed by atoms with Gasteiger partial charge in [0.1, 0.15) is 0 Å². The summed E-state index contributed by atoms with van der Waals surface area (Å²) in [6.07, 6.45) is 4.07. The molecule has 0 radical (unpaired) electrons. The number of hydrazine groups is 1. The summed E-state index contributed by atoms with van der Waals surface area (Å²) < 4.78 is 0. The Bertz CT molecular complexity index is 375. The average molecular weight is 235 g/mol. The van der Waals surface area contributed by atoms with Crippen molar-refractivity contribution >= 4 is 5.69 Å². The van der Waals surface area contributed by atoms with E-state index in [2.05, 4.69) is 10.9 Å². The summed E-state index contributed by atoms with van der Waals surface area (Å²) in [5.74, 6) is 0. The monoisotopic (exact) mass is 235 g/mol. The third kappa shape index (κ3) is 2.74. The van der Waals surface area contributed by atoms with Crippen molar-refractivity contribution in [2.45, 2.75) is 37.8 Å². The maximum atomic E-state index is 11.2. The van der Waals surface area contributed by atoms with Crippen LogP contribution in [0, 0.1) is 10.1 Å². The van der Waals surface area contributed by atoms with Crippen LogP contribution in [0.25, 0.3) is 0 Å². The highest BCUT2D eigenvalue weighted by molar-refractivity contribution is 5.41. The largest absolute Gasteiger partial charge is 0.316 e. The van der Waals surface area contributed by atoms with Gasteiger partial charge >= 0.3 is 0 Å². The van der Waals surface area contributed by atoms with Crippen LogP contribution in [0.3, 0.4) is 0 Å². The van der Waals surface area contributed by atoms with Crippen LogP contribution in [-0.4, -0.2) is 10.6 Å². The van der Waals surface area contributed by atoms with E-state index in [1.54, 1.807) is 0 Å². The summed E-state index contributed by atoms with van der Waals surface area (Å²) >= 11 is 0. The molecule has 0 heterocycles. The minimum atomic E-state index is -1.01. The zero-order valence-electron chi connectivity index (χ0n) is 9.69. The summed E-state index contributed by atoms with van der Waals surface area (Å²) in [6.45, 7) is 0. The Morgan fingerprint density at radius 3 is 2.35 bits per heavy atom. The molecule has 0 unspecified atom stereocenters. The molecule has 1 aliphatic rings. The number of nitrogens with one attached hydrogen (secondary N) is 2. The van der Waals surface area contributed by atoms with E-state index in [0.29, 0.717) is 12.8 Å². The van der Waals surface area contributed by atoms with E-state index in [4.69, 9.17) is 0 Å². The molecule has 0 amide bonds. The lowest BCUT2D eigenvalue weighted by Gasteiger charge is -2.30. The number of anilines is 1. The molecule has 0 bridgehead atoms. The second-order valence-electron chi connectivity index (χ2n) is 4.47. The molecule has 0 aliphatic heterocycles. The van der Waals surface area contributed by atoms with E-state index in [0.717, 1.165) is 24.9 Å². The highest BCUT2D eigenvalue weighted by Crippen LogP contribution is 2.28. The van der Waals surface area contributed by atoms with Crippen LogP contribution in [-0.2, 0) is 0 Å². The number of benzene rings is 1. The van der Waals surface area contributed by atoms with Gasteiger partial charge in [0.05, 0.1) is 0 Å². The van der Waals surface area contributed by atoms with Crippen molar-refractivity contribution in [3.63, 3.8) is 0 Å². The Labute approximate surface area is 100 Å². The van der Waals surface area contributed by atoms with Crippen LogP contribution in [0.15, 0.2) is 30.3 Å². The van der Waals surface area contributed by atoms with Gasteiger partial charge in [0.15, 0.2) is 0 Å². The molecule has 1 aromatic rings. The van der Waals surface area contributed by atoms with Gasteiger partial charge in [-0.05, 0) is 25.0 Å². The third-order valence-electron chi connectivity index (χ3n) is 3.24. The molecule has 1 saturated carbocycles. The average Bonchev–Trinajstić information content (AvgIpc) is 2.38. The fourth-order valence-electron chi connectivity index (χ4n) is 2.20. The van der Waals surface area contributed by atoms with Crippen molar-refractivity contribution in [1.29, 1.82) is 0 Å². The molecule has 5 heteroatoms. The zero-order chi connectivity index (χ0) is 12.1. The van der Waals surface area contributed by atoms with Gasteiger partial charge in [-0.25, -0.2) is 0 Å². The Balaban J connectivity index is 2.01. The van der Waals surface area contributed by atoms with Crippen LogP contribution in [0.5, 0.6) is 0 Å². The van der Waals surface area contributed by atoms with Gasteiger partial charge in [-0.15, -0.1) is 0 Å². The molecule has 92 valence electrons. The molecule has 1 fully saturated rings. The second kappa shape index (κ2) is 5.14. The standard InChI is InChI=1S/C12H17N3O2/c16-15(17)12(9-5-2-6-10-12)14-13-11-7-3-1-4-8-11/h1,3-4,7-8,13-14H,2,5-6,9-10H2. The lowest BCUT2D eigenvalue weighted by Crippen LogP contribution is -2.55. The number of hydrogen-bond acceptors (Lipinski definition) is 4. The molecule has 0 atom stereocenters. The fourth-order valence-corrected chi connectivity index (χ4v) is 2.20. The molecule has 2 N–H and O–H groups in total. The highest BCUT2D eigenvalue weighted by Gasteiger charge is 2.43. The van der Waals surface area contributed by atoms with Gasteiger partial charge in [0.2, 0.25) is 0 Å². The molecular formula is C12H17N3O2. The van der Waals surface area contributed by atoms with Gasteiger partial charge in [-0.2, -0.15) is 5.43 Å². The van der Waals surface area contributed by atoms with Crippen molar-refractivity contribution in [2.75, 3.05) is 5.43 Å². The maximum Gasteiger partial charge on any atom is 0.290 e. The van der Waals surface area contributed by atoms with Crippen LogP contribution in [0.1, 0.15) is 32.1 Å². The third-order valence-corrected chi connectivity index (χ3v) is 3.24. The Hall–Kier alpha value is -1.62. The van der Waals surface area contributed by atoms with E-state index in [9.17, 15) is 10.1 Å². The van der Waals surface area contributed by atoms with Gasteiger partial charge < -0.3 is 5.43 Å². The number of para-hydroxylation sites is 1. The second-order valence-corrected chi connectivity index (χ2v) is 4.47. The first-order valence-electron chi connectivity index (χ1n) is 5.96. The number of nitro groups is 1. The number of rotatable bonds is 4. The van der Waals surface area contributed by atoms with Crippen LogP contribution >= 0.6 is 0 Å². The van der Waals surface area contributed by atoms with E-state index in [1.807, 2.05) is 30.3 Å². The van der Waals surface area contributed by atoms with Crippen molar-refractivity contribution in [3.05, 3.63) is 40.4 Å². The lowest BCUT2D eigenvalue weighted by atomic mass is 9.90. The Morgan fingerprint density at radius 1 is 1.12 bits per heavy atom. The normalized spacial score (nSPS) is 18.6. The minimum absolute atomic E-state index is 0.192. The minimum Gasteiger partial charge on any atom is -0.316 e. The summed E-state index contributed by atoms with van der Waals surface area (Å²) in [5.41, 5.74) is 5.69. The Kier molecular flexibility index (Phi) is 3.58. The Morgan fingerprint density at radius 2 is 1.76 bits per heavy atom. The van der Waals surface area contributed by atoms with Crippen LogP contribution in [0.2, 0.25) is 0 Å². The predicted molar refractivity (Wildman–Crippen MR) is 66.0 cm³/mol. The van der Waals surface area contributed by atoms with Crippen molar-refractivity contribution in [3.8, 4) is 0 Å². The van der Waals surface area contributed by atoms with Crippen LogP contribution < -0.4 is 10.9 Å². The first kappa shape index (κ1) is 11.9. The van der Waals surface area contributed by atoms with Crippen molar-refractivity contribution in [2.24, 2.45) is 0 Å². The van der Waals surface area contributed by atoms with Gasteiger partial charge in [-0.3, -0.25) is 10.1 Å². The first-order chi connectivity index (χ1) is 8.23. The predicted octanol–water partition coefficient (Wildman–Crippen LogP) is 2.54. The molecule has 1 aromatic carbocycles. The van der Waals surface area contributed by atoms with E-state index >= 15 is 0 Å². The van der Waals surface area contributed by atoms with E-state index in [1.165, 1.54) is 0 Å². The van der Waals surface area contributed by atoms with E-state index < -0.39 is 5.66 Å². The number of nitrogens with zero attached hydrogens (tertiary/aromatic N) is 1. The van der Waals surface area contributed by atoms with E-state index in [-0.39, 0.29) is 4.92 Å². The summed E-state index contributed by atoms with van der Waals surface area (Å²) in [6, 6.07) is 9.45. The topological polar surface area (TPSA) is 67.2 Å². The molecular weight excluding hydrogens is 218 g/mol. The number of hydrogen-bond donors (Lipinski definition) is 2. The van der Waals surface area contributed by atoms with Gasteiger partial charge in [0, 0.05) is 23.5 Å². The first-order valence-corrected chi connectivity index (χ1v) is 5.96. The lowest BCUT2D eigenvalue weighted by molar-refractivity contribution is -0.582. The fraction of sp³-hybridized carbons (Fsp3) is 0.500. The maximum absolute atomic E-state index is 11.2. The molecule has 0 saturated heterocycles. The molecule has 1 aliphatic carbocycles. The zero-order valence-corrected chi connectivity index (χ0v) is 9.69. The van der Waals surface area contributed by atoms with Crippen molar-refractivity contribution < 1.29 is 4.92 Å². The smallest absolute Gasteiger partial charge is 0.290 e. The quantitative estimate of drug-likeness (QED) is 0.478. The van der Waals surface area contributed by atoms with Crippen LogP contribution in [0.4, 0.5) is 5.69 Å². The molecule has 17 heavy (non-hydrogen) atoms. The SMILES string of the molecule is O=[N+]([O-])C1(NNc2ccccc2)CCCCC1. The molecule has 0 spiro atoms. The van der Waals surface area contributed by atoms with Gasteiger partial charge in [0.25, 0.3) is 5.66 Å². The highest BCUT2D eigenvalue weighted by atomic mass is 16.6. The molecule has 2 rings (SSSR count). The molecule has 5 nitrogen and oxygen atoms in total.